The maximum atomic E-state index is 12.7. The van der Waals surface area contributed by atoms with Crippen LogP contribution >= 0.6 is 23.4 Å². The summed E-state index contributed by atoms with van der Waals surface area (Å²) in [7, 11) is 0. The molecular formula is C20H17ClN2O4S. The number of halogens is 1. The number of carbonyl (C=O) groups is 2. The predicted octanol–water partition coefficient (Wildman–Crippen LogP) is 4.43. The van der Waals surface area contributed by atoms with Crippen molar-refractivity contribution in [1.82, 2.24) is 4.90 Å². The number of hydrogen-bond acceptors (Lipinski definition) is 5. The van der Waals surface area contributed by atoms with Gasteiger partial charge in [-0.2, -0.15) is 0 Å². The van der Waals surface area contributed by atoms with Gasteiger partial charge >= 0.3 is 5.97 Å². The lowest BCUT2D eigenvalue weighted by atomic mass is 10.2. The zero-order valence-corrected chi connectivity index (χ0v) is 16.5. The molecule has 3 rings (SSSR count). The summed E-state index contributed by atoms with van der Waals surface area (Å²) in [6, 6.07) is 14.0. The average molecular weight is 417 g/mol. The molecule has 0 bridgehead atoms. The standard InChI is InChI=1S/C20H17ClN2O4S/c1-2-23-19(26)17(28-20(23)22-15-7-4-6-14(21)11-15)10-13-5-3-8-16(9-13)27-12-18(24)25/h3-11H,2,12H2,1H3,(H,24,25)/b17-10+,22-20?. The van der Waals surface area contributed by atoms with Crippen LogP contribution in [0.1, 0.15) is 12.5 Å². The molecule has 1 heterocycles. The van der Waals surface area contributed by atoms with Gasteiger partial charge in [-0.25, -0.2) is 9.79 Å². The van der Waals surface area contributed by atoms with E-state index in [4.69, 9.17) is 21.4 Å². The molecule has 1 saturated heterocycles. The molecule has 1 fully saturated rings. The molecule has 2 aromatic carbocycles. The zero-order valence-electron chi connectivity index (χ0n) is 15.0. The second kappa shape index (κ2) is 8.95. The van der Waals surface area contributed by atoms with Crippen molar-refractivity contribution in [3.05, 3.63) is 64.0 Å². The second-order valence-corrected chi connectivity index (χ2v) is 7.23. The van der Waals surface area contributed by atoms with Gasteiger partial charge in [-0.3, -0.25) is 9.69 Å². The predicted molar refractivity (Wildman–Crippen MR) is 111 cm³/mol. The summed E-state index contributed by atoms with van der Waals surface area (Å²) >= 11 is 7.29. The minimum absolute atomic E-state index is 0.134. The number of nitrogens with zero attached hydrogens (tertiary/aromatic N) is 2. The molecule has 0 saturated carbocycles. The Kier molecular flexibility index (Phi) is 6.38. The molecule has 0 aromatic heterocycles. The fraction of sp³-hybridized carbons (Fsp3) is 0.150. The van der Waals surface area contributed by atoms with Crippen molar-refractivity contribution in [3.8, 4) is 5.75 Å². The first-order valence-electron chi connectivity index (χ1n) is 8.46. The van der Waals surface area contributed by atoms with Crippen LogP contribution in [0.4, 0.5) is 5.69 Å². The number of likely N-dealkylation sites (N-methyl/N-ethyl adjacent to an activating group) is 1. The quantitative estimate of drug-likeness (QED) is 0.705. The van der Waals surface area contributed by atoms with Crippen molar-refractivity contribution in [3.63, 3.8) is 0 Å². The van der Waals surface area contributed by atoms with E-state index in [1.165, 1.54) is 11.8 Å². The molecule has 1 aliphatic rings. The molecule has 1 amide bonds. The van der Waals surface area contributed by atoms with Gasteiger partial charge < -0.3 is 9.84 Å². The number of hydrogen-bond donors (Lipinski definition) is 1. The number of benzene rings is 2. The first kappa shape index (κ1) is 20.0. The summed E-state index contributed by atoms with van der Waals surface area (Å²) in [5.74, 6) is -0.761. The summed E-state index contributed by atoms with van der Waals surface area (Å²) in [5, 5.41) is 9.88. The number of aliphatic imine (C=N–C) groups is 1. The Bertz CT molecular complexity index is 974. The van der Waals surface area contributed by atoms with Crippen molar-refractivity contribution in [2.45, 2.75) is 6.92 Å². The van der Waals surface area contributed by atoms with E-state index in [9.17, 15) is 9.59 Å². The number of carboxylic acids is 1. The number of ether oxygens (including phenoxy) is 1. The minimum Gasteiger partial charge on any atom is -0.482 e. The molecule has 0 aliphatic carbocycles. The molecule has 0 atom stereocenters. The van der Waals surface area contributed by atoms with Crippen LogP contribution in [-0.4, -0.2) is 40.2 Å². The van der Waals surface area contributed by atoms with Crippen LogP contribution in [0.15, 0.2) is 58.4 Å². The van der Waals surface area contributed by atoms with Crippen LogP contribution in [0, 0.1) is 0 Å². The topological polar surface area (TPSA) is 79.2 Å². The highest BCUT2D eigenvalue weighted by Gasteiger charge is 2.32. The van der Waals surface area contributed by atoms with Gasteiger partial charge in [-0.1, -0.05) is 29.8 Å². The second-order valence-electron chi connectivity index (χ2n) is 5.79. The van der Waals surface area contributed by atoms with E-state index < -0.39 is 12.6 Å². The molecule has 1 aliphatic heterocycles. The maximum Gasteiger partial charge on any atom is 0.341 e. The lowest BCUT2D eigenvalue weighted by molar-refractivity contribution is -0.139. The Balaban J connectivity index is 1.86. The van der Waals surface area contributed by atoms with E-state index in [0.29, 0.717) is 33.1 Å². The summed E-state index contributed by atoms with van der Waals surface area (Å²) in [5.41, 5.74) is 1.41. The molecule has 144 valence electrons. The van der Waals surface area contributed by atoms with Crippen molar-refractivity contribution < 1.29 is 19.4 Å². The smallest absolute Gasteiger partial charge is 0.341 e. The van der Waals surface area contributed by atoms with E-state index >= 15 is 0 Å². The molecule has 0 radical (unpaired) electrons. The number of carbonyl (C=O) groups excluding carboxylic acids is 1. The number of carboxylic acid groups (broad SMARTS) is 1. The normalized spacial score (nSPS) is 16.8. The first-order valence-corrected chi connectivity index (χ1v) is 9.66. The summed E-state index contributed by atoms with van der Waals surface area (Å²) < 4.78 is 5.19. The maximum absolute atomic E-state index is 12.7. The van der Waals surface area contributed by atoms with E-state index in [-0.39, 0.29) is 5.91 Å². The molecule has 2 aromatic rings. The van der Waals surface area contributed by atoms with E-state index in [0.717, 1.165) is 5.56 Å². The van der Waals surface area contributed by atoms with Crippen molar-refractivity contribution in [1.29, 1.82) is 0 Å². The van der Waals surface area contributed by atoms with E-state index in [2.05, 4.69) is 4.99 Å². The number of thioether (sulfide) groups is 1. The van der Waals surface area contributed by atoms with Gasteiger partial charge in [0.15, 0.2) is 11.8 Å². The third kappa shape index (κ3) is 4.94. The summed E-state index contributed by atoms with van der Waals surface area (Å²) in [6.45, 7) is 1.95. The lowest BCUT2D eigenvalue weighted by Crippen LogP contribution is -2.28. The van der Waals surface area contributed by atoms with Crippen LogP contribution in [0.25, 0.3) is 6.08 Å². The summed E-state index contributed by atoms with van der Waals surface area (Å²) in [6.07, 6.45) is 1.74. The fourth-order valence-corrected chi connectivity index (χ4v) is 3.76. The van der Waals surface area contributed by atoms with Gasteiger partial charge in [0.1, 0.15) is 5.75 Å². The van der Waals surface area contributed by atoms with Gasteiger partial charge in [0, 0.05) is 11.6 Å². The Hall–Kier alpha value is -2.77. The summed E-state index contributed by atoms with van der Waals surface area (Å²) in [4.78, 5) is 30.0. The van der Waals surface area contributed by atoms with Crippen LogP contribution < -0.4 is 4.74 Å². The molecule has 8 heteroatoms. The molecule has 28 heavy (non-hydrogen) atoms. The molecule has 1 N–H and O–H groups in total. The van der Waals surface area contributed by atoms with Crippen molar-refractivity contribution in [2.75, 3.05) is 13.2 Å². The monoisotopic (exact) mass is 416 g/mol. The minimum atomic E-state index is -1.05. The Morgan fingerprint density at radius 2 is 2.07 bits per heavy atom. The zero-order chi connectivity index (χ0) is 20.1. The van der Waals surface area contributed by atoms with Gasteiger partial charge in [0.2, 0.25) is 0 Å². The van der Waals surface area contributed by atoms with Gasteiger partial charge in [-0.05, 0) is 60.7 Å². The van der Waals surface area contributed by atoms with Crippen LogP contribution in [-0.2, 0) is 9.59 Å². The van der Waals surface area contributed by atoms with Crippen LogP contribution in [0.2, 0.25) is 5.02 Å². The fourth-order valence-electron chi connectivity index (χ4n) is 2.52. The van der Waals surface area contributed by atoms with E-state index in [1.54, 1.807) is 47.4 Å². The van der Waals surface area contributed by atoms with E-state index in [1.807, 2.05) is 19.1 Å². The third-order valence-corrected chi connectivity index (χ3v) is 5.00. The Morgan fingerprint density at radius 3 is 2.79 bits per heavy atom. The number of aliphatic carboxylic acids is 1. The highest BCUT2D eigenvalue weighted by atomic mass is 35.5. The lowest BCUT2D eigenvalue weighted by Gasteiger charge is -2.12. The Morgan fingerprint density at radius 1 is 1.29 bits per heavy atom. The van der Waals surface area contributed by atoms with Gasteiger partial charge in [0.05, 0.1) is 10.6 Å². The van der Waals surface area contributed by atoms with Gasteiger partial charge in [-0.15, -0.1) is 0 Å². The highest BCUT2D eigenvalue weighted by molar-refractivity contribution is 8.18. The van der Waals surface area contributed by atoms with Crippen molar-refractivity contribution >= 4 is 52.2 Å². The Labute approximate surface area is 171 Å². The molecule has 6 nitrogen and oxygen atoms in total. The average Bonchev–Trinajstić information content (AvgIpc) is 2.94. The van der Waals surface area contributed by atoms with Crippen LogP contribution in [0.5, 0.6) is 5.75 Å². The first-order chi connectivity index (χ1) is 13.5. The van der Waals surface area contributed by atoms with Crippen molar-refractivity contribution in [2.24, 2.45) is 4.99 Å². The SMILES string of the molecule is CCN1C(=O)/C(=C\c2cccc(OCC(=O)O)c2)SC1=Nc1cccc(Cl)c1. The molecule has 0 unspecified atom stereocenters. The largest absolute Gasteiger partial charge is 0.482 e. The number of rotatable bonds is 6. The highest BCUT2D eigenvalue weighted by Crippen LogP contribution is 2.34. The van der Waals surface area contributed by atoms with Gasteiger partial charge in [0.25, 0.3) is 5.91 Å². The van der Waals surface area contributed by atoms with Crippen LogP contribution in [0.3, 0.4) is 0 Å². The number of amidine groups is 1. The molecule has 0 spiro atoms. The number of amides is 1. The third-order valence-electron chi connectivity index (χ3n) is 3.76. The molecular weight excluding hydrogens is 400 g/mol.